The maximum atomic E-state index is 13.0. The van der Waals surface area contributed by atoms with Crippen LogP contribution in [0.15, 0.2) is 54.9 Å². The van der Waals surface area contributed by atoms with Gasteiger partial charge < -0.3 is 10.1 Å². The average Bonchev–Trinajstić information content (AvgIpc) is 3.23. The molecule has 0 radical (unpaired) electrons. The van der Waals surface area contributed by atoms with E-state index in [1.807, 2.05) is 43.3 Å². The van der Waals surface area contributed by atoms with E-state index in [0.717, 1.165) is 33.4 Å². The maximum Gasteiger partial charge on any atom is 0.321 e. The van der Waals surface area contributed by atoms with Gasteiger partial charge in [-0.2, -0.15) is 5.10 Å². The van der Waals surface area contributed by atoms with Crippen molar-refractivity contribution in [2.45, 2.75) is 25.3 Å². The third kappa shape index (κ3) is 4.40. The Bertz CT molecular complexity index is 1300. The number of halogens is 1. The van der Waals surface area contributed by atoms with E-state index in [-0.39, 0.29) is 6.03 Å². The molecule has 0 spiro atoms. The average molecular weight is 463 g/mol. The van der Waals surface area contributed by atoms with E-state index in [9.17, 15) is 4.79 Å². The fourth-order valence-electron chi connectivity index (χ4n) is 4.23. The Kier molecular flexibility index (Phi) is 5.70. The SMILES string of the molecule is Cc1cc(-c2n[nH]c3cc(NC(=O)NC4(c5ccc(Cl)cc5)CCOCC4)ncc23)ccn1. The second kappa shape index (κ2) is 8.80. The molecule has 5 rings (SSSR count). The third-order valence-corrected chi connectivity index (χ3v) is 6.21. The first kappa shape index (κ1) is 21.4. The molecule has 0 aliphatic carbocycles. The Morgan fingerprint density at radius 3 is 2.67 bits per heavy atom. The number of nitrogens with one attached hydrogen (secondary N) is 3. The van der Waals surface area contributed by atoms with Crippen molar-refractivity contribution in [1.82, 2.24) is 25.5 Å². The summed E-state index contributed by atoms with van der Waals surface area (Å²) in [7, 11) is 0. The number of carbonyl (C=O) groups is 1. The number of fused-ring (bicyclic) bond motifs is 1. The highest BCUT2D eigenvalue weighted by Gasteiger charge is 2.36. The van der Waals surface area contributed by atoms with Crippen LogP contribution >= 0.6 is 11.6 Å². The topological polar surface area (TPSA) is 105 Å². The van der Waals surface area contributed by atoms with Gasteiger partial charge in [0.2, 0.25) is 0 Å². The highest BCUT2D eigenvalue weighted by atomic mass is 35.5. The molecule has 0 saturated carbocycles. The predicted octanol–water partition coefficient (Wildman–Crippen LogP) is 4.81. The highest BCUT2D eigenvalue weighted by molar-refractivity contribution is 6.30. The monoisotopic (exact) mass is 462 g/mol. The van der Waals surface area contributed by atoms with Gasteiger partial charge in [0.05, 0.1) is 11.1 Å². The zero-order valence-corrected chi connectivity index (χ0v) is 18.8. The van der Waals surface area contributed by atoms with Crippen molar-refractivity contribution in [1.29, 1.82) is 0 Å². The summed E-state index contributed by atoms with van der Waals surface area (Å²) in [5.41, 5.74) is 3.91. The molecule has 1 aliphatic rings. The molecule has 168 valence electrons. The van der Waals surface area contributed by atoms with Crippen molar-refractivity contribution in [3.63, 3.8) is 0 Å². The molecule has 3 N–H and O–H groups in total. The van der Waals surface area contributed by atoms with Crippen LogP contribution in [0.3, 0.4) is 0 Å². The van der Waals surface area contributed by atoms with Crippen LogP contribution in [0.4, 0.5) is 10.6 Å². The molecule has 4 heterocycles. The molecule has 4 aromatic rings. The molecule has 1 fully saturated rings. The number of anilines is 1. The molecule has 3 aromatic heterocycles. The number of aromatic amines is 1. The van der Waals surface area contributed by atoms with Crippen molar-refractivity contribution >= 4 is 34.4 Å². The first-order valence-electron chi connectivity index (χ1n) is 10.7. The molecular formula is C24H23ClN6O2. The Hall–Kier alpha value is -3.49. The van der Waals surface area contributed by atoms with Crippen molar-refractivity contribution in [3.8, 4) is 11.3 Å². The lowest BCUT2D eigenvalue weighted by molar-refractivity contribution is 0.0418. The number of pyridine rings is 2. The Balaban J connectivity index is 1.36. The Morgan fingerprint density at radius 1 is 1.12 bits per heavy atom. The number of carbonyl (C=O) groups excluding carboxylic acids is 1. The van der Waals surface area contributed by atoms with Gasteiger partial charge in [-0.25, -0.2) is 9.78 Å². The standard InChI is InChI=1S/C24H23ClN6O2/c1-15-12-16(6-9-26-15)22-19-14-27-21(13-20(19)30-31-22)28-23(32)29-24(7-10-33-11-8-24)17-2-4-18(25)5-3-17/h2-6,9,12-14H,7-8,10-11H2,1H3,(H,30,31)(H2,27,28,29,32). The van der Waals surface area contributed by atoms with Crippen LogP contribution in [0.1, 0.15) is 24.1 Å². The van der Waals surface area contributed by atoms with Crippen LogP contribution < -0.4 is 10.6 Å². The lowest BCUT2D eigenvalue weighted by atomic mass is 9.83. The molecule has 9 heteroatoms. The lowest BCUT2D eigenvalue weighted by Gasteiger charge is -2.38. The summed E-state index contributed by atoms with van der Waals surface area (Å²) in [4.78, 5) is 21.6. The number of H-pyrrole nitrogens is 1. The summed E-state index contributed by atoms with van der Waals surface area (Å²) in [6.45, 7) is 3.07. The van der Waals surface area contributed by atoms with Crippen LogP contribution in [0.2, 0.25) is 5.02 Å². The van der Waals surface area contributed by atoms with Crippen LogP contribution in [0, 0.1) is 6.92 Å². The second-order valence-corrected chi connectivity index (χ2v) is 8.59. The van der Waals surface area contributed by atoms with Gasteiger partial charge in [-0.3, -0.25) is 15.4 Å². The fraction of sp³-hybridized carbons (Fsp3) is 0.250. The second-order valence-electron chi connectivity index (χ2n) is 8.15. The molecule has 0 unspecified atom stereocenters. The van der Waals surface area contributed by atoms with Gasteiger partial charge in [0, 0.05) is 53.3 Å². The van der Waals surface area contributed by atoms with Gasteiger partial charge in [0.25, 0.3) is 0 Å². The molecule has 0 atom stereocenters. The van der Waals surface area contributed by atoms with Crippen molar-refractivity contribution in [3.05, 3.63) is 71.1 Å². The molecule has 1 aromatic carbocycles. The van der Waals surface area contributed by atoms with Gasteiger partial charge in [0.15, 0.2) is 0 Å². The van der Waals surface area contributed by atoms with E-state index in [0.29, 0.717) is 36.9 Å². The Morgan fingerprint density at radius 2 is 1.91 bits per heavy atom. The van der Waals surface area contributed by atoms with Crippen molar-refractivity contribution < 1.29 is 9.53 Å². The minimum Gasteiger partial charge on any atom is -0.381 e. The van der Waals surface area contributed by atoms with Gasteiger partial charge in [-0.1, -0.05) is 23.7 Å². The summed E-state index contributed by atoms with van der Waals surface area (Å²) in [6.07, 6.45) is 4.81. The zero-order chi connectivity index (χ0) is 22.8. The van der Waals surface area contributed by atoms with Crippen LogP contribution in [-0.4, -0.2) is 39.4 Å². The van der Waals surface area contributed by atoms with Crippen LogP contribution in [-0.2, 0) is 10.3 Å². The predicted molar refractivity (Wildman–Crippen MR) is 127 cm³/mol. The van der Waals surface area contributed by atoms with Crippen LogP contribution in [0.5, 0.6) is 0 Å². The lowest BCUT2D eigenvalue weighted by Crippen LogP contribution is -2.51. The van der Waals surface area contributed by atoms with E-state index in [1.165, 1.54) is 0 Å². The molecule has 1 aliphatic heterocycles. The minimum absolute atomic E-state index is 0.330. The first-order valence-corrected chi connectivity index (χ1v) is 11.1. The highest BCUT2D eigenvalue weighted by Crippen LogP contribution is 2.33. The van der Waals surface area contributed by atoms with Crippen molar-refractivity contribution in [2.75, 3.05) is 18.5 Å². The molecule has 1 saturated heterocycles. The largest absolute Gasteiger partial charge is 0.381 e. The number of nitrogens with zero attached hydrogens (tertiary/aromatic N) is 3. The normalized spacial score (nSPS) is 15.3. The zero-order valence-electron chi connectivity index (χ0n) is 18.1. The van der Waals surface area contributed by atoms with Gasteiger partial charge >= 0.3 is 6.03 Å². The number of benzene rings is 1. The summed E-state index contributed by atoms with van der Waals surface area (Å²) in [5, 5.41) is 15.0. The quantitative estimate of drug-likeness (QED) is 0.403. The van der Waals surface area contributed by atoms with E-state index in [1.54, 1.807) is 18.5 Å². The molecule has 33 heavy (non-hydrogen) atoms. The van der Waals surface area contributed by atoms with Gasteiger partial charge in [-0.15, -0.1) is 0 Å². The van der Waals surface area contributed by atoms with Gasteiger partial charge in [0.1, 0.15) is 11.5 Å². The summed E-state index contributed by atoms with van der Waals surface area (Å²) < 4.78 is 5.54. The number of rotatable bonds is 4. The fourth-order valence-corrected chi connectivity index (χ4v) is 4.36. The number of ether oxygens (including phenoxy) is 1. The number of aromatic nitrogens is 4. The van der Waals surface area contributed by atoms with Gasteiger partial charge in [-0.05, 0) is 49.6 Å². The van der Waals surface area contributed by atoms with Crippen molar-refractivity contribution in [2.24, 2.45) is 0 Å². The summed E-state index contributed by atoms with van der Waals surface area (Å²) >= 11 is 6.06. The molecular weight excluding hydrogens is 440 g/mol. The summed E-state index contributed by atoms with van der Waals surface area (Å²) in [6, 6.07) is 12.9. The van der Waals surface area contributed by atoms with E-state index < -0.39 is 5.54 Å². The molecule has 8 nitrogen and oxygen atoms in total. The Labute approximate surface area is 195 Å². The van der Waals surface area contributed by atoms with E-state index in [4.69, 9.17) is 16.3 Å². The molecule has 0 bridgehead atoms. The smallest absolute Gasteiger partial charge is 0.321 e. The summed E-state index contributed by atoms with van der Waals surface area (Å²) in [5.74, 6) is 0.430. The minimum atomic E-state index is -0.530. The number of hydrogen-bond donors (Lipinski definition) is 3. The number of aryl methyl sites for hydroxylation is 1. The number of urea groups is 1. The molecule has 2 amide bonds. The van der Waals surface area contributed by atoms with Crippen LogP contribution in [0.25, 0.3) is 22.2 Å². The van der Waals surface area contributed by atoms with E-state index in [2.05, 4.69) is 30.8 Å². The first-order chi connectivity index (χ1) is 16.0. The van der Waals surface area contributed by atoms with E-state index >= 15 is 0 Å². The maximum absolute atomic E-state index is 13.0. The number of hydrogen-bond acceptors (Lipinski definition) is 5. The third-order valence-electron chi connectivity index (χ3n) is 5.95. The number of amides is 2.